The normalized spacial score (nSPS) is 45.5. The number of fused-ring (bicyclic) bond motifs is 2. The van der Waals surface area contributed by atoms with Gasteiger partial charge in [-0.3, -0.25) is 0 Å². The summed E-state index contributed by atoms with van der Waals surface area (Å²) in [6.07, 6.45) is 7.54. The minimum Gasteiger partial charge on any atom is -0.0651 e. The largest absolute Gasteiger partial charge is 0.0651 e. The molecule has 0 aromatic carbocycles. The van der Waals surface area contributed by atoms with Crippen LogP contribution in [-0.4, -0.2) is 0 Å². The average molecular weight is 180 g/mol. The Morgan fingerprint density at radius 3 is 2.46 bits per heavy atom. The van der Waals surface area contributed by atoms with Gasteiger partial charge in [0.05, 0.1) is 0 Å². The smallest absolute Gasteiger partial charge is 0.0352 e. The Labute approximate surface area is 83.1 Å². The Hall–Kier alpha value is 0. The van der Waals surface area contributed by atoms with E-state index in [2.05, 4.69) is 20.8 Å². The highest BCUT2D eigenvalue weighted by Crippen LogP contribution is 2.55. The predicted molar refractivity (Wildman–Crippen MR) is 57.6 cm³/mol. The molecule has 0 aromatic heterocycles. The van der Waals surface area contributed by atoms with E-state index in [9.17, 15) is 0 Å². The summed E-state index contributed by atoms with van der Waals surface area (Å²) in [4.78, 5) is 0. The molecule has 0 spiro atoms. The van der Waals surface area contributed by atoms with Crippen molar-refractivity contribution < 1.29 is 0 Å². The van der Waals surface area contributed by atoms with Gasteiger partial charge in [-0.15, -0.1) is 0 Å². The molecule has 0 radical (unpaired) electrons. The van der Waals surface area contributed by atoms with E-state index < -0.39 is 0 Å². The zero-order valence-electron chi connectivity index (χ0n) is 9.42. The van der Waals surface area contributed by atoms with Crippen LogP contribution in [0.4, 0.5) is 0 Å². The highest BCUT2D eigenvalue weighted by molar-refractivity contribution is 4.96. The van der Waals surface area contributed by atoms with Crippen LogP contribution in [0.2, 0.25) is 0 Å². The molecule has 5 atom stereocenters. The summed E-state index contributed by atoms with van der Waals surface area (Å²) in [5.41, 5.74) is 0. The van der Waals surface area contributed by atoms with Crippen molar-refractivity contribution in [2.24, 2.45) is 29.6 Å². The van der Waals surface area contributed by atoms with Crippen LogP contribution < -0.4 is 0 Å². The second kappa shape index (κ2) is 3.63. The van der Waals surface area contributed by atoms with Crippen LogP contribution in [0, 0.1) is 29.6 Å². The van der Waals surface area contributed by atoms with Crippen LogP contribution in [0.5, 0.6) is 0 Å². The molecule has 0 N–H and O–H groups in total. The molecule has 2 aliphatic carbocycles. The summed E-state index contributed by atoms with van der Waals surface area (Å²) in [6, 6.07) is 0. The third-order valence-corrected chi connectivity index (χ3v) is 4.90. The highest BCUT2D eigenvalue weighted by Gasteiger charge is 2.46. The number of rotatable bonds is 3. The number of hydrogen-bond acceptors (Lipinski definition) is 0. The SMILES string of the molecule is CCC(C)C1CC2CC(CC)C1C2. The van der Waals surface area contributed by atoms with E-state index in [0.717, 1.165) is 29.6 Å². The maximum absolute atomic E-state index is 2.47. The van der Waals surface area contributed by atoms with E-state index in [1.165, 1.54) is 12.8 Å². The van der Waals surface area contributed by atoms with Gasteiger partial charge in [0.1, 0.15) is 0 Å². The molecule has 2 fully saturated rings. The van der Waals surface area contributed by atoms with Crippen molar-refractivity contribution in [3.05, 3.63) is 0 Å². The standard InChI is InChI=1S/C13H24/c1-4-9(3)12-7-10-6-11(5-2)13(12)8-10/h9-13H,4-8H2,1-3H3. The molecule has 2 rings (SSSR count). The zero-order valence-corrected chi connectivity index (χ0v) is 9.42. The highest BCUT2D eigenvalue weighted by atomic mass is 14.5. The van der Waals surface area contributed by atoms with E-state index in [1.807, 2.05) is 0 Å². The van der Waals surface area contributed by atoms with Gasteiger partial charge in [-0.1, -0.05) is 33.6 Å². The van der Waals surface area contributed by atoms with Gasteiger partial charge in [-0.2, -0.15) is 0 Å². The van der Waals surface area contributed by atoms with Crippen LogP contribution in [0.3, 0.4) is 0 Å². The van der Waals surface area contributed by atoms with Crippen molar-refractivity contribution in [2.45, 2.75) is 52.9 Å². The van der Waals surface area contributed by atoms with Gasteiger partial charge < -0.3 is 0 Å². The maximum atomic E-state index is 2.47. The van der Waals surface area contributed by atoms with E-state index in [0.29, 0.717) is 0 Å². The Bertz CT molecular complexity index is 173. The molecular weight excluding hydrogens is 156 g/mol. The Morgan fingerprint density at radius 1 is 1.15 bits per heavy atom. The summed E-state index contributed by atoms with van der Waals surface area (Å²) in [5.74, 6) is 5.41. The lowest BCUT2D eigenvalue weighted by Gasteiger charge is -2.32. The van der Waals surface area contributed by atoms with E-state index in [1.54, 1.807) is 19.3 Å². The Kier molecular flexibility index (Phi) is 2.67. The lowest BCUT2D eigenvalue weighted by molar-refractivity contribution is 0.172. The fourth-order valence-electron chi connectivity index (χ4n) is 3.98. The first-order valence-corrected chi connectivity index (χ1v) is 6.26. The van der Waals surface area contributed by atoms with Crippen molar-refractivity contribution in [3.63, 3.8) is 0 Å². The quantitative estimate of drug-likeness (QED) is 0.613. The fraction of sp³-hybridized carbons (Fsp3) is 1.00. The van der Waals surface area contributed by atoms with Crippen LogP contribution in [0.15, 0.2) is 0 Å². The molecule has 2 saturated carbocycles. The van der Waals surface area contributed by atoms with E-state index in [4.69, 9.17) is 0 Å². The van der Waals surface area contributed by atoms with Crippen molar-refractivity contribution >= 4 is 0 Å². The topological polar surface area (TPSA) is 0 Å². The summed E-state index contributed by atoms with van der Waals surface area (Å²) in [6.45, 7) is 7.22. The molecular formula is C13H24. The van der Waals surface area contributed by atoms with Crippen molar-refractivity contribution in [3.8, 4) is 0 Å². The first-order valence-electron chi connectivity index (χ1n) is 6.26. The lowest BCUT2D eigenvalue weighted by Crippen LogP contribution is -2.24. The summed E-state index contributed by atoms with van der Waals surface area (Å²) < 4.78 is 0. The van der Waals surface area contributed by atoms with Crippen LogP contribution >= 0.6 is 0 Å². The molecule has 0 nitrogen and oxygen atoms in total. The van der Waals surface area contributed by atoms with Crippen LogP contribution in [-0.2, 0) is 0 Å². The first-order chi connectivity index (χ1) is 6.26. The Morgan fingerprint density at radius 2 is 1.92 bits per heavy atom. The number of hydrogen-bond donors (Lipinski definition) is 0. The molecule has 13 heavy (non-hydrogen) atoms. The molecule has 5 unspecified atom stereocenters. The summed E-state index contributed by atoms with van der Waals surface area (Å²) in [7, 11) is 0. The predicted octanol–water partition coefficient (Wildman–Crippen LogP) is 4.10. The van der Waals surface area contributed by atoms with Gasteiger partial charge in [-0.25, -0.2) is 0 Å². The monoisotopic (exact) mass is 180 g/mol. The molecule has 0 saturated heterocycles. The molecule has 0 amide bonds. The van der Waals surface area contributed by atoms with Gasteiger partial charge in [0, 0.05) is 0 Å². The minimum absolute atomic E-state index is 0.990. The molecule has 0 aliphatic heterocycles. The lowest BCUT2D eigenvalue weighted by atomic mass is 9.73. The molecule has 0 aromatic rings. The van der Waals surface area contributed by atoms with Gasteiger partial charge >= 0.3 is 0 Å². The van der Waals surface area contributed by atoms with Gasteiger partial charge in [-0.05, 0) is 48.9 Å². The van der Waals surface area contributed by atoms with Crippen LogP contribution in [0.1, 0.15) is 52.9 Å². The molecule has 0 heterocycles. The second-order valence-corrected chi connectivity index (χ2v) is 5.45. The third-order valence-electron chi connectivity index (χ3n) is 4.90. The van der Waals surface area contributed by atoms with Gasteiger partial charge in [0.15, 0.2) is 0 Å². The van der Waals surface area contributed by atoms with Crippen molar-refractivity contribution in [1.82, 2.24) is 0 Å². The van der Waals surface area contributed by atoms with Gasteiger partial charge in [0.2, 0.25) is 0 Å². The van der Waals surface area contributed by atoms with Gasteiger partial charge in [0.25, 0.3) is 0 Å². The van der Waals surface area contributed by atoms with Crippen molar-refractivity contribution in [1.29, 1.82) is 0 Å². The minimum atomic E-state index is 0.990. The fourth-order valence-corrected chi connectivity index (χ4v) is 3.98. The first kappa shape index (κ1) is 9.55. The van der Waals surface area contributed by atoms with E-state index in [-0.39, 0.29) is 0 Å². The molecule has 2 aliphatic rings. The Balaban J connectivity index is 2.01. The van der Waals surface area contributed by atoms with Crippen LogP contribution in [0.25, 0.3) is 0 Å². The molecule has 2 bridgehead atoms. The second-order valence-electron chi connectivity index (χ2n) is 5.45. The third kappa shape index (κ3) is 1.53. The average Bonchev–Trinajstić information content (AvgIpc) is 2.74. The zero-order chi connectivity index (χ0) is 9.42. The molecule has 0 heteroatoms. The molecule has 76 valence electrons. The summed E-state index contributed by atoms with van der Waals surface area (Å²) >= 11 is 0. The maximum Gasteiger partial charge on any atom is -0.0352 e. The summed E-state index contributed by atoms with van der Waals surface area (Å²) in [5, 5.41) is 0. The van der Waals surface area contributed by atoms with Crippen molar-refractivity contribution in [2.75, 3.05) is 0 Å². The van der Waals surface area contributed by atoms with E-state index >= 15 is 0 Å².